The topological polar surface area (TPSA) is 84.9 Å². The summed E-state index contributed by atoms with van der Waals surface area (Å²) in [5.41, 5.74) is 0. The summed E-state index contributed by atoms with van der Waals surface area (Å²) in [5, 5.41) is 11.3. The number of rotatable bonds is 3. The third-order valence-electron chi connectivity index (χ3n) is 3.09. The first-order valence-electron chi connectivity index (χ1n) is 5.55. The molecule has 0 amide bonds. The highest BCUT2D eigenvalue weighted by Crippen LogP contribution is 2.28. The fourth-order valence-electron chi connectivity index (χ4n) is 2.25. The number of aliphatic hydroxyl groups excluding tert-OH is 1. The van der Waals surface area contributed by atoms with E-state index < -0.39 is 34.4 Å². The molecule has 0 spiro atoms. The lowest BCUT2D eigenvalue weighted by Gasteiger charge is -2.16. The van der Waals surface area contributed by atoms with E-state index in [0.29, 0.717) is 0 Å². The van der Waals surface area contributed by atoms with Crippen molar-refractivity contribution < 1.29 is 23.0 Å². The fourth-order valence-corrected chi connectivity index (χ4v) is 4.49. The first-order chi connectivity index (χ1) is 8.58. The summed E-state index contributed by atoms with van der Waals surface area (Å²) in [6.07, 6.45) is -1.51. The Labute approximate surface area is 109 Å². The van der Waals surface area contributed by atoms with Crippen molar-refractivity contribution >= 4 is 21.4 Å². The number of hydrogen-bond donors (Lipinski definition) is 2. The third-order valence-corrected chi connectivity index (χ3v) is 5.98. The maximum Gasteiger partial charge on any atom is 0.250 e. The van der Waals surface area contributed by atoms with Crippen molar-refractivity contribution in [3.63, 3.8) is 0 Å². The Bertz CT molecular complexity index is 514. The maximum absolute atomic E-state index is 12.0. The molecule has 2 fully saturated rings. The Kier molecular flexibility index (Phi) is 3.16. The minimum absolute atomic E-state index is 0.187. The summed E-state index contributed by atoms with van der Waals surface area (Å²) in [5.74, 6) is 0. The maximum atomic E-state index is 12.0. The number of aliphatic hydroxyl groups is 1. The lowest BCUT2D eigenvalue weighted by molar-refractivity contribution is 0.0181. The molecule has 0 saturated carbocycles. The molecule has 100 valence electrons. The van der Waals surface area contributed by atoms with Crippen LogP contribution in [0.5, 0.6) is 0 Å². The molecule has 0 bridgehead atoms. The van der Waals surface area contributed by atoms with Crippen LogP contribution in [0.4, 0.5) is 0 Å². The average molecular weight is 291 g/mol. The van der Waals surface area contributed by atoms with Gasteiger partial charge in [0.25, 0.3) is 0 Å². The molecule has 18 heavy (non-hydrogen) atoms. The average Bonchev–Trinajstić information content (AvgIpc) is 3.00. The van der Waals surface area contributed by atoms with Crippen LogP contribution in [0.1, 0.15) is 0 Å². The number of thiophene rings is 1. The van der Waals surface area contributed by atoms with E-state index in [1.54, 1.807) is 17.5 Å². The van der Waals surface area contributed by atoms with Crippen molar-refractivity contribution in [2.24, 2.45) is 0 Å². The second kappa shape index (κ2) is 4.55. The Morgan fingerprint density at radius 1 is 1.33 bits per heavy atom. The number of hydrogen-bond acceptors (Lipinski definition) is 6. The molecule has 2 saturated heterocycles. The van der Waals surface area contributed by atoms with Crippen LogP contribution < -0.4 is 4.72 Å². The Morgan fingerprint density at radius 2 is 2.11 bits per heavy atom. The van der Waals surface area contributed by atoms with Crippen molar-refractivity contribution in [1.29, 1.82) is 0 Å². The largest absolute Gasteiger partial charge is 0.388 e. The quantitative estimate of drug-likeness (QED) is 0.788. The SMILES string of the molecule is O=S(=O)(N[C@H]1CO[C@H]2[C@@H]1OC[C@H]2O)c1cccs1. The molecule has 0 unspecified atom stereocenters. The lowest BCUT2D eigenvalue weighted by Crippen LogP contribution is -2.43. The highest BCUT2D eigenvalue weighted by Gasteiger charge is 2.48. The predicted molar refractivity (Wildman–Crippen MR) is 63.9 cm³/mol. The minimum atomic E-state index is -3.53. The van der Waals surface area contributed by atoms with Crippen LogP contribution in [0.3, 0.4) is 0 Å². The third kappa shape index (κ3) is 2.09. The molecule has 1 aromatic heterocycles. The van der Waals surface area contributed by atoms with E-state index >= 15 is 0 Å². The molecular weight excluding hydrogens is 278 g/mol. The van der Waals surface area contributed by atoms with E-state index in [4.69, 9.17) is 9.47 Å². The molecule has 0 aromatic carbocycles. The van der Waals surface area contributed by atoms with Crippen LogP contribution in [0.25, 0.3) is 0 Å². The van der Waals surface area contributed by atoms with Gasteiger partial charge in [-0.15, -0.1) is 11.3 Å². The predicted octanol–water partition coefficient (Wildman–Crippen LogP) is -0.446. The molecule has 8 heteroatoms. The normalized spacial score (nSPS) is 35.8. The van der Waals surface area contributed by atoms with Crippen LogP contribution in [0.2, 0.25) is 0 Å². The molecule has 3 rings (SSSR count). The van der Waals surface area contributed by atoms with E-state index in [9.17, 15) is 13.5 Å². The molecule has 2 N–H and O–H groups in total. The van der Waals surface area contributed by atoms with E-state index in [-0.39, 0.29) is 17.4 Å². The van der Waals surface area contributed by atoms with Gasteiger partial charge in [0.1, 0.15) is 22.5 Å². The fraction of sp³-hybridized carbons (Fsp3) is 0.600. The summed E-state index contributed by atoms with van der Waals surface area (Å²) < 4.78 is 37.7. The standard InChI is InChI=1S/C10H13NO5S2/c12-7-5-16-9-6(4-15-10(7)9)11-18(13,14)8-2-1-3-17-8/h1-3,6-7,9-12H,4-5H2/t6-,7+,9+,10+/m0/s1. The smallest absolute Gasteiger partial charge is 0.250 e. The summed E-state index contributed by atoms with van der Waals surface area (Å²) in [4.78, 5) is 0. The van der Waals surface area contributed by atoms with Crippen molar-refractivity contribution in [1.82, 2.24) is 4.72 Å². The number of nitrogens with one attached hydrogen (secondary N) is 1. The van der Waals surface area contributed by atoms with Crippen molar-refractivity contribution in [2.75, 3.05) is 13.2 Å². The van der Waals surface area contributed by atoms with Crippen LogP contribution in [-0.4, -0.2) is 51.1 Å². The van der Waals surface area contributed by atoms with Gasteiger partial charge in [-0.2, -0.15) is 0 Å². The molecule has 0 aliphatic carbocycles. The second-order valence-corrected chi connectivity index (χ2v) is 7.21. The van der Waals surface area contributed by atoms with Gasteiger partial charge >= 0.3 is 0 Å². The zero-order valence-corrected chi connectivity index (χ0v) is 11.0. The summed E-state index contributed by atoms with van der Waals surface area (Å²) in [7, 11) is -3.53. The van der Waals surface area contributed by atoms with Gasteiger partial charge in [0.05, 0.1) is 19.3 Å². The highest BCUT2D eigenvalue weighted by molar-refractivity contribution is 7.91. The second-order valence-electron chi connectivity index (χ2n) is 4.32. The highest BCUT2D eigenvalue weighted by atomic mass is 32.2. The minimum Gasteiger partial charge on any atom is -0.388 e. The number of ether oxygens (including phenoxy) is 2. The molecule has 2 aliphatic heterocycles. The van der Waals surface area contributed by atoms with E-state index in [0.717, 1.165) is 11.3 Å². The summed E-state index contributed by atoms with van der Waals surface area (Å²) >= 11 is 1.16. The van der Waals surface area contributed by atoms with Crippen molar-refractivity contribution in [2.45, 2.75) is 28.6 Å². The van der Waals surface area contributed by atoms with E-state index in [1.807, 2.05) is 0 Å². The molecule has 6 nitrogen and oxygen atoms in total. The Morgan fingerprint density at radius 3 is 2.83 bits per heavy atom. The number of fused-ring (bicyclic) bond motifs is 1. The van der Waals surface area contributed by atoms with Gasteiger partial charge in [-0.05, 0) is 11.4 Å². The van der Waals surface area contributed by atoms with Crippen molar-refractivity contribution in [3.05, 3.63) is 17.5 Å². The molecule has 1 aromatic rings. The van der Waals surface area contributed by atoms with Gasteiger partial charge in [-0.3, -0.25) is 0 Å². The van der Waals surface area contributed by atoms with Crippen molar-refractivity contribution in [3.8, 4) is 0 Å². The van der Waals surface area contributed by atoms with Gasteiger partial charge in [-0.25, -0.2) is 13.1 Å². The van der Waals surface area contributed by atoms with Gasteiger partial charge in [0.2, 0.25) is 10.0 Å². The molecule has 4 atom stereocenters. The Hall–Kier alpha value is -0.510. The molecule has 0 radical (unpaired) electrons. The summed E-state index contributed by atoms with van der Waals surface area (Å²) in [6.45, 7) is 0.406. The monoisotopic (exact) mass is 291 g/mol. The van der Waals surface area contributed by atoms with E-state index in [2.05, 4.69) is 4.72 Å². The number of sulfonamides is 1. The van der Waals surface area contributed by atoms with Gasteiger partial charge in [0, 0.05) is 0 Å². The van der Waals surface area contributed by atoms with Gasteiger partial charge < -0.3 is 14.6 Å². The summed E-state index contributed by atoms with van der Waals surface area (Å²) in [6, 6.07) is 2.78. The molecule has 2 aliphatic rings. The first-order valence-corrected chi connectivity index (χ1v) is 7.91. The Balaban J connectivity index is 1.75. The van der Waals surface area contributed by atoms with Gasteiger partial charge in [0.15, 0.2) is 0 Å². The van der Waals surface area contributed by atoms with Crippen LogP contribution in [0, 0.1) is 0 Å². The lowest BCUT2D eigenvalue weighted by atomic mass is 10.1. The zero-order valence-electron chi connectivity index (χ0n) is 9.35. The first kappa shape index (κ1) is 12.5. The van der Waals surface area contributed by atoms with E-state index in [1.165, 1.54) is 0 Å². The van der Waals surface area contributed by atoms with Gasteiger partial charge in [-0.1, -0.05) is 6.07 Å². The zero-order chi connectivity index (χ0) is 12.8. The van der Waals surface area contributed by atoms with Crippen LogP contribution >= 0.6 is 11.3 Å². The van der Waals surface area contributed by atoms with Crippen LogP contribution in [-0.2, 0) is 19.5 Å². The van der Waals surface area contributed by atoms with Crippen LogP contribution in [0.15, 0.2) is 21.7 Å². The molecule has 3 heterocycles. The molecular formula is C10H13NO5S2.